The highest BCUT2D eigenvalue weighted by molar-refractivity contribution is 9.10. The molecule has 1 unspecified atom stereocenters. The van der Waals surface area contributed by atoms with Crippen LogP contribution >= 0.6 is 15.9 Å². The standard InChI is InChI=1S/C12H14BrF3O2/c13-10-3-1-9(2-4-10)7-11(17)5-6-18-8-12(14,15)16/h1-4,11,17H,5-8H2. The summed E-state index contributed by atoms with van der Waals surface area (Å²) in [7, 11) is 0. The maximum Gasteiger partial charge on any atom is 0.411 e. The Hall–Kier alpha value is -0.590. The monoisotopic (exact) mass is 326 g/mol. The Bertz CT molecular complexity index is 351. The molecular weight excluding hydrogens is 313 g/mol. The molecule has 0 aliphatic rings. The van der Waals surface area contributed by atoms with E-state index in [1.54, 1.807) is 0 Å². The van der Waals surface area contributed by atoms with Gasteiger partial charge in [0.2, 0.25) is 0 Å². The van der Waals surface area contributed by atoms with E-state index in [9.17, 15) is 18.3 Å². The minimum absolute atomic E-state index is 0.1000. The van der Waals surface area contributed by atoms with Crippen LogP contribution in [0.2, 0.25) is 0 Å². The molecule has 1 N–H and O–H groups in total. The summed E-state index contributed by atoms with van der Waals surface area (Å²) < 4.78 is 40.7. The lowest BCUT2D eigenvalue weighted by atomic mass is 10.1. The number of rotatable bonds is 6. The van der Waals surface area contributed by atoms with Gasteiger partial charge in [0.1, 0.15) is 6.61 Å². The molecule has 0 heterocycles. The second kappa shape index (κ2) is 7.11. The van der Waals surface area contributed by atoms with Crippen molar-refractivity contribution in [3.05, 3.63) is 34.3 Å². The van der Waals surface area contributed by atoms with Gasteiger partial charge in [0.15, 0.2) is 0 Å². The molecule has 1 rings (SSSR count). The average molecular weight is 327 g/mol. The van der Waals surface area contributed by atoms with Crippen LogP contribution in [0.1, 0.15) is 12.0 Å². The van der Waals surface area contributed by atoms with E-state index >= 15 is 0 Å². The van der Waals surface area contributed by atoms with Crippen molar-refractivity contribution >= 4 is 15.9 Å². The summed E-state index contributed by atoms with van der Waals surface area (Å²) in [5.74, 6) is 0. The number of alkyl halides is 3. The lowest BCUT2D eigenvalue weighted by Gasteiger charge is -2.12. The van der Waals surface area contributed by atoms with Crippen molar-refractivity contribution in [2.24, 2.45) is 0 Å². The maximum absolute atomic E-state index is 11.8. The van der Waals surface area contributed by atoms with E-state index in [0.29, 0.717) is 6.42 Å². The van der Waals surface area contributed by atoms with E-state index < -0.39 is 18.9 Å². The van der Waals surface area contributed by atoms with Crippen LogP contribution in [0.25, 0.3) is 0 Å². The second-order valence-electron chi connectivity index (χ2n) is 3.94. The number of aliphatic hydroxyl groups excluding tert-OH is 1. The predicted molar refractivity (Wildman–Crippen MR) is 65.3 cm³/mol. The zero-order chi connectivity index (χ0) is 13.6. The van der Waals surface area contributed by atoms with Gasteiger partial charge in [0.25, 0.3) is 0 Å². The van der Waals surface area contributed by atoms with Gasteiger partial charge in [0, 0.05) is 11.1 Å². The maximum atomic E-state index is 11.8. The van der Waals surface area contributed by atoms with Crippen LogP contribution in [-0.2, 0) is 11.2 Å². The number of ether oxygens (including phenoxy) is 1. The van der Waals surface area contributed by atoms with E-state index in [0.717, 1.165) is 10.0 Å². The number of hydrogen-bond donors (Lipinski definition) is 1. The Labute approximate surface area is 112 Å². The van der Waals surface area contributed by atoms with E-state index in [1.807, 2.05) is 24.3 Å². The minimum atomic E-state index is -4.31. The molecule has 1 aromatic rings. The predicted octanol–water partition coefficient (Wildman–Crippen LogP) is 3.32. The number of hydrogen-bond acceptors (Lipinski definition) is 2. The SMILES string of the molecule is OC(CCOCC(F)(F)F)Cc1ccc(Br)cc1. The van der Waals surface area contributed by atoms with Gasteiger partial charge in [-0.3, -0.25) is 0 Å². The molecule has 18 heavy (non-hydrogen) atoms. The number of benzene rings is 1. The van der Waals surface area contributed by atoms with Crippen LogP contribution in [0.3, 0.4) is 0 Å². The lowest BCUT2D eigenvalue weighted by Crippen LogP contribution is -2.20. The minimum Gasteiger partial charge on any atom is -0.393 e. The molecule has 102 valence electrons. The van der Waals surface area contributed by atoms with Crippen molar-refractivity contribution < 1.29 is 23.0 Å². The number of aliphatic hydroxyl groups is 1. The van der Waals surface area contributed by atoms with Gasteiger partial charge in [-0.25, -0.2) is 0 Å². The molecule has 0 fully saturated rings. The van der Waals surface area contributed by atoms with Gasteiger partial charge in [-0.1, -0.05) is 28.1 Å². The summed E-state index contributed by atoms with van der Waals surface area (Å²) in [5, 5.41) is 9.63. The Morgan fingerprint density at radius 2 is 1.83 bits per heavy atom. The second-order valence-corrected chi connectivity index (χ2v) is 4.86. The van der Waals surface area contributed by atoms with Crippen LogP contribution in [0.5, 0.6) is 0 Å². The van der Waals surface area contributed by atoms with Crippen LogP contribution in [0.15, 0.2) is 28.7 Å². The Morgan fingerprint density at radius 3 is 2.39 bits per heavy atom. The first-order valence-electron chi connectivity index (χ1n) is 5.44. The van der Waals surface area contributed by atoms with E-state index in [2.05, 4.69) is 20.7 Å². The molecule has 0 saturated carbocycles. The largest absolute Gasteiger partial charge is 0.411 e. The van der Waals surface area contributed by atoms with Gasteiger partial charge in [-0.05, 0) is 30.5 Å². The summed E-state index contributed by atoms with van der Waals surface area (Å²) in [4.78, 5) is 0. The Balaban J connectivity index is 2.21. The molecule has 0 saturated heterocycles. The lowest BCUT2D eigenvalue weighted by molar-refractivity contribution is -0.175. The highest BCUT2D eigenvalue weighted by atomic mass is 79.9. The third kappa shape index (κ3) is 6.98. The highest BCUT2D eigenvalue weighted by Crippen LogP contribution is 2.15. The summed E-state index contributed by atoms with van der Waals surface area (Å²) >= 11 is 3.29. The van der Waals surface area contributed by atoms with E-state index in [4.69, 9.17) is 0 Å². The van der Waals surface area contributed by atoms with E-state index in [1.165, 1.54) is 0 Å². The third-order valence-electron chi connectivity index (χ3n) is 2.25. The summed E-state index contributed by atoms with van der Waals surface area (Å²) in [6.45, 7) is -1.37. The fraction of sp³-hybridized carbons (Fsp3) is 0.500. The van der Waals surface area contributed by atoms with Crippen molar-refractivity contribution in [3.63, 3.8) is 0 Å². The van der Waals surface area contributed by atoms with Gasteiger partial charge in [0.05, 0.1) is 6.10 Å². The zero-order valence-electron chi connectivity index (χ0n) is 9.58. The summed E-state index contributed by atoms with van der Waals surface area (Å²) in [5.41, 5.74) is 0.932. The first-order chi connectivity index (χ1) is 8.37. The van der Waals surface area contributed by atoms with Crippen LogP contribution in [0, 0.1) is 0 Å². The van der Waals surface area contributed by atoms with Crippen molar-refractivity contribution in [2.45, 2.75) is 25.1 Å². The average Bonchev–Trinajstić information content (AvgIpc) is 2.26. The normalized spacial score (nSPS) is 13.6. The van der Waals surface area contributed by atoms with Crippen LogP contribution < -0.4 is 0 Å². The van der Waals surface area contributed by atoms with Gasteiger partial charge < -0.3 is 9.84 Å². The molecule has 1 atom stereocenters. The molecule has 0 aliphatic heterocycles. The molecule has 1 aromatic carbocycles. The molecule has 0 spiro atoms. The first-order valence-corrected chi connectivity index (χ1v) is 6.23. The summed E-state index contributed by atoms with van der Waals surface area (Å²) in [6.07, 6.45) is -4.41. The summed E-state index contributed by atoms with van der Waals surface area (Å²) in [6, 6.07) is 7.40. The Kier molecular flexibility index (Phi) is 6.11. The number of halogens is 4. The highest BCUT2D eigenvalue weighted by Gasteiger charge is 2.27. The van der Waals surface area contributed by atoms with Gasteiger partial charge in [-0.2, -0.15) is 13.2 Å². The van der Waals surface area contributed by atoms with Gasteiger partial charge in [-0.15, -0.1) is 0 Å². The quantitative estimate of drug-likeness (QED) is 0.812. The van der Waals surface area contributed by atoms with E-state index in [-0.39, 0.29) is 13.0 Å². The molecular formula is C12H14BrF3O2. The zero-order valence-corrected chi connectivity index (χ0v) is 11.2. The molecule has 6 heteroatoms. The van der Waals surface area contributed by atoms with Crippen molar-refractivity contribution in [1.82, 2.24) is 0 Å². The molecule has 0 aliphatic carbocycles. The Morgan fingerprint density at radius 1 is 1.22 bits per heavy atom. The molecule has 0 amide bonds. The molecule has 0 bridgehead atoms. The van der Waals surface area contributed by atoms with Crippen molar-refractivity contribution in [3.8, 4) is 0 Å². The smallest absolute Gasteiger partial charge is 0.393 e. The third-order valence-corrected chi connectivity index (χ3v) is 2.77. The van der Waals surface area contributed by atoms with Gasteiger partial charge >= 0.3 is 6.18 Å². The molecule has 2 nitrogen and oxygen atoms in total. The first kappa shape index (κ1) is 15.5. The van der Waals surface area contributed by atoms with Crippen LogP contribution in [-0.4, -0.2) is 30.6 Å². The molecule has 0 aromatic heterocycles. The van der Waals surface area contributed by atoms with Crippen molar-refractivity contribution in [2.75, 3.05) is 13.2 Å². The fourth-order valence-electron chi connectivity index (χ4n) is 1.40. The fourth-order valence-corrected chi connectivity index (χ4v) is 1.67. The molecule has 0 radical (unpaired) electrons. The van der Waals surface area contributed by atoms with Crippen LogP contribution in [0.4, 0.5) is 13.2 Å². The topological polar surface area (TPSA) is 29.5 Å². The van der Waals surface area contributed by atoms with Crippen molar-refractivity contribution in [1.29, 1.82) is 0 Å².